The molecule has 0 heterocycles. The summed E-state index contributed by atoms with van der Waals surface area (Å²) in [5, 5.41) is 12.0. The highest BCUT2D eigenvalue weighted by molar-refractivity contribution is 6.30. The summed E-state index contributed by atoms with van der Waals surface area (Å²) in [5.74, 6) is -0.944. The third-order valence-corrected chi connectivity index (χ3v) is 3.16. The molecular weight excluding hydrogens is 296 g/mol. The fraction of sp³-hybridized carbons (Fsp3) is 0.429. The van der Waals surface area contributed by atoms with Gasteiger partial charge in [0.15, 0.2) is 0 Å². The third-order valence-electron chi connectivity index (χ3n) is 2.91. The van der Waals surface area contributed by atoms with Gasteiger partial charge >= 0.3 is 12.0 Å². The van der Waals surface area contributed by atoms with E-state index in [1.807, 2.05) is 12.1 Å². The monoisotopic (exact) mass is 314 g/mol. The van der Waals surface area contributed by atoms with Crippen LogP contribution in [0.4, 0.5) is 4.79 Å². The summed E-state index contributed by atoms with van der Waals surface area (Å²) in [5.41, 5.74) is 0.862. The SMILES string of the molecule is COCC(NC(=O)N(C)CCC(=O)O)c1ccc(Cl)cc1. The lowest BCUT2D eigenvalue weighted by atomic mass is 10.1. The van der Waals surface area contributed by atoms with Gasteiger partial charge in [-0.1, -0.05) is 23.7 Å². The van der Waals surface area contributed by atoms with E-state index in [9.17, 15) is 9.59 Å². The van der Waals surface area contributed by atoms with Gasteiger partial charge in [0, 0.05) is 25.7 Å². The molecule has 0 saturated heterocycles. The highest BCUT2D eigenvalue weighted by atomic mass is 35.5. The maximum atomic E-state index is 12.0. The molecule has 1 rings (SSSR count). The summed E-state index contributed by atoms with van der Waals surface area (Å²) in [6.07, 6.45) is -0.0974. The summed E-state index contributed by atoms with van der Waals surface area (Å²) in [7, 11) is 3.09. The second-order valence-electron chi connectivity index (χ2n) is 4.57. The van der Waals surface area contributed by atoms with E-state index in [1.54, 1.807) is 26.3 Å². The zero-order chi connectivity index (χ0) is 15.8. The van der Waals surface area contributed by atoms with E-state index >= 15 is 0 Å². The van der Waals surface area contributed by atoms with E-state index in [0.29, 0.717) is 11.6 Å². The smallest absolute Gasteiger partial charge is 0.317 e. The number of rotatable bonds is 7. The number of ether oxygens (including phenoxy) is 1. The molecule has 2 N–H and O–H groups in total. The first-order chi connectivity index (χ1) is 9.93. The summed E-state index contributed by atoms with van der Waals surface area (Å²) < 4.78 is 5.11. The van der Waals surface area contributed by atoms with Gasteiger partial charge in [-0.15, -0.1) is 0 Å². The number of nitrogens with zero attached hydrogens (tertiary/aromatic N) is 1. The number of halogens is 1. The van der Waals surface area contributed by atoms with Crippen LogP contribution in [-0.4, -0.2) is 49.3 Å². The maximum Gasteiger partial charge on any atom is 0.317 e. The normalized spacial score (nSPS) is 11.8. The molecule has 0 aliphatic carbocycles. The Bertz CT molecular complexity index is 478. The molecular formula is C14H19ClN2O4. The molecule has 116 valence electrons. The first kappa shape index (κ1) is 17.3. The van der Waals surface area contributed by atoms with Gasteiger partial charge in [0.25, 0.3) is 0 Å². The summed E-state index contributed by atoms with van der Waals surface area (Å²) in [6, 6.07) is 6.41. The van der Waals surface area contributed by atoms with Crippen molar-refractivity contribution in [3.05, 3.63) is 34.9 Å². The number of methoxy groups -OCH3 is 1. The molecule has 21 heavy (non-hydrogen) atoms. The van der Waals surface area contributed by atoms with Gasteiger partial charge in [0.1, 0.15) is 0 Å². The molecule has 1 unspecified atom stereocenters. The van der Waals surface area contributed by atoms with Gasteiger partial charge in [-0.05, 0) is 17.7 Å². The molecule has 1 aromatic carbocycles. The number of amides is 2. The van der Waals surface area contributed by atoms with E-state index in [-0.39, 0.29) is 25.0 Å². The lowest BCUT2D eigenvalue weighted by Crippen LogP contribution is -2.41. The fourth-order valence-corrected chi connectivity index (χ4v) is 1.83. The fourth-order valence-electron chi connectivity index (χ4n) is 1.71. The van der Waals surface area contributed by atoms with Crippen molar-refractivity contribution in [2.75, 3.05) is 27.3 Å². The Morgan fingerprint density at radius 2 is 2.00 bits per heavy atom. The van der Waals surface area contributed by atoms with Gasteiger partial charge in [-0.25, -0.2) is 4.79 Å². The highest BCUT2D eigenvalue weighted by Gasteiger charge is 2.17. The molecule has 6 nitrogen and oxygen atoms in total. The van der Waals surface area contributed by atoms with Gasteiger partial charge in [0.2, 0.25) is 0 Å². The topological polar surface area (TPSA) is 78.9 Å². The Balaban J connectivity index is 2.67. The second-order valence-corrected chi connectivity index (χ2v) is 5.01. The van der Waals surface area contributed by atoms with Gasteiger partial charge in [0.05, 0.1) is 19.1 Å². The Morgan fingerprint density at radius 3 is 2.52 bits per heavy atom. The van der Waals surface area contributed by atoms with Gasteiger partial charge in [-0.3, -0.25) is 4.79 Å². The second kappa shape index (κ2) is 8.49. The van der Waals surface area contributed by atoms with Crippen LogP contribution < -0.4 is 5.32 Å². The van der Waals surface area contributed by atoms with Gasteiger partial charge in [-0.2, -0.15) is 0 Å². The van der Waals surface area contributed by atoms with Crippen molar-refractivity contribution in [3.63, 3.8) is 0 Å². The summed E-state index contributed by atoms with van der Waals surface area (Å²) in [6.45, 7) is 0.446. The average Bonchev–Trinajstić information content (AvgIpc) is 2.45. The number of carboxylic acid groups (broad SMARTS) is 1. The molecule has 0 bridgehead atoms. The first-order valence-electron chi connectivity index (χ1n) is 6.42. The van der Waals surface area contributed by atoms with Crippen LogP contribution in [0, 0.1) is 0 Å². The van der Waals surface area contributed by atoms with Crippen molar-refractivity contribution in [1.82, 2.24) is 10.2 Å². The zero-order valence-corrected chi connectivity index (χ0v) is 12.8. The Hall–Kier alpha value is -1.79. The largest absolute Gasteiger partial charge is 0.481 e. The lowest BCUT2D eigenvalue weighted by molar-refractivity contribution is -0.137. The van der Waals surface area contributed by atoms with Crippen molar-refractivity contribution in [1.29, 1.82) is 0 Å². The van der Waals surface area contributed by atoms with Crippen molar-refractivity contribution >= 4 is 23.6 Å². The predicted molar refractivity (Wildman–Crippen MR) is 79.5 cm³/mol. The Kier molecular flexibility index (Phi) is 6.98. The number of carboxylic acids is 1. The highest BCUT2D eigenvalue weighted by Crippen LogP contribution is 2.17. The third kappa shape index (κ3) is 6.01. The van der Waals surface area contributed by atoms with Crippen LogP contribution in [0.2, 0.25) is 5.02 Å². The Labute approximate surface area is 128 Å². The van der Waals surface area contributed by atoms with Crippen molar-refractivity contribution < 1.29 is 19.4 Å². The number of aliphatic carboxylic acids is 1. The number of carbonyl (C=O) groups is 2. The number of urea groups is 1. The van der Waals surface area contributed by atoms with E-state index in [1.165, 1.54) is 4.90 Å². The molecule has 0 spiro atoms. The van der Waals surface area contributed by atoms with Crippen LogP contribution in [0.3, 0.4) is 0 Å². The first-order valence-corrected chi connectivity index (χ1v) is 6.79. The number of hydrogen-bond donors (Lipinski definition) is 2. The van der Waals surface area contributed by atoms with Crippen molar-refractivity contribution in [3.8, 4) is 0 Å². The van der Waals surface area contributed by atoms with Crippen molar-refractivity contribution in [2.45, 2.75) is 12.5 Å². The zero-order valence-electron chi connectivity index (χ0n) is 12.0. The molecule has 1 aromatic rings. The van der Waals surface area contributed by atoms with E-state index in [2.05, 4.69) is 5.32 Å². The minimum atomic E-state index is -0.944. The number of nitrogens with one attached hydrogen (secondary N) is 1. The number of hydrogen-bond acceptors (Lipinski definition) is 3. The number of benzene rings is 1. The maximum absolute atomic E-state index is 12.0. The van der Waals surface area contributed by atoms with Crippen LogP contribution in [0.15, 0.2) is 24.3 Å². The van der Waals surface area contributed by atoms with E-state index < -0.39 is 5.97 Å². The quantitative estimate of drug-likeness (QED) is 0.808. The van der Waals surface area contributed by atoms with Gasteiger partial charge < -0.3 is 20.1 Å². The lowest BCUT2D eigenvalue weighted by Gasteiger charge is -2.23. The van der Waals surface area contributed by atoms with E-state index in [0.717, 1.165) is 5.56 Å². The molecule has 7 heteroatoms. The van der Waals surface area contributed by atoms with Crippen LogP contribution in [-0.2, 0) is 9.53 Å². The molecule has 0 saturated carbocycles. The van der Waals surface area contributed by atoms with E-state index in [4.69, 9.17) is 21.4 Å². The average molecular weight is 315 g/mol. The molecule has 0 aliphatic rings. The van der Waals surface area contributed by atoms with Crippen LogP contribution >= 0.6 is 11.6 Å². The minimum Gasteiger partial charge on any atom is -0.481 e. The summed E-state index contributed by atoms with van der Waals surface area (Å²) in [4.78, 5) is 23.9. The summed E-state index contributed by atoms with van der Waals surface area (Å²) >= 11 is 5.84. The molecule has 1 atom stereocenters. The van der Waals surface area contributed by atoms with Crippen molar-refractivity contribution in [2.24, 2.45) is 0 Å². The molecule has 0 fully saturated rings. The van der Waals surface area contributed by atoms with Crippen LogP contribution in [0.25, 0.3) is 0 Å². The van der Waals surface area contributed by atoms with Crippen LogP contribution in [0.1, 0.15) is 18.0 Å². The minimum absolute atomic E-state index is 0.0974. The Morgan fingerprint density at radius 1 is 1.38 bits per heavy atom. The van der Waals surface area contributed by atoms with Crippen LogP contribution in [0.5, 0.6) is 0 Å². The molecule has 0 aromatic heterocycles. The molecule has 0 radical (unpaired) electrons. The molecule has 0 aliphatic heterocycles. The number of carbonyl (C=O) groups excluding carboxylic acids is 1. The predicted octanol–water partition coefficient (Wildman–Crippen LogP) is 2.14. The standard InChI is InChI=1S/C14H19ClN2O4/c1-17(8-7-13(18)19)14(20)16-12(9-21-2)10-3-5-11(15)6-4-10/h3-6,12H,7-9H2,1-2H3,(H,16,20)(H,18,19). The molecule has 2 amide bonds.